The first kappa shape index (κ1) is 8.23. The number of anilines is 1. The third-order valence-electron chi connectivity index (χ3n) is 2.28. The molecule has 1 aromatic heterocycles. The lowest BCUT2D eigenvalue weighted by Crippen LogP contribution is -2.35. The quantitative estimate of drug-likeness (QED) is 0.645. The molecule has 13 heavy (non-hydrogen) atoms. The van der Waals surface area contributed by atoms with E-state index in [-0.39, 0.29) is 0 Å². The van der Waals surface area contributed by atoms with Crippen LogP contribution in [0.25, 0.3) is 0 Å². The molecule has 0 bridgehead atoms. The minimum absolute atomic E-state index is 0.336. The summed E-state index contributed by atoms with van der Waals surface area (Å²) in [5.74, 6) is 0.336. The van der Waals surface area contributed by atoms with Gasteiger partial charge in [0.15, 0.2) is 5.78 Å². The van der Waals surface area contributed by atoms with Crippen LogP contribution >= 0.6 is 0 Å². The molecule has 2 rings (SSSR count). The second-order valence-electron chi connectivity index (χ2n) is 3.27. The van der Waals surface area contributed by atoms with Gasteiger partial charge < -0.3 is 4.90 Å². The highest BCUT2D eigenvalue weighted by atomic mass is 16.1. The summed E-state index contributed by atoms with van der Waals surface area (Å²) in [6.07, 6.45) is 5.23. The summed E-state index contributed by atoms with van der Waals surface area (Å²) < 4.78 is 0. The maximum Gasteiger partial charge on any atom is 0.152 e. The number of carbonyl (C=O) groups is 1. The summed E-state index contributed by atoms with van der Waals surface area (Å²) >= 11 is 0. The standard InChI is InChI=1S/C10H12N2O/c13-10-2-1-7-12(8-10)9-3-5-11-6-4-9/h3-6H,1-2,7-8H2. The summed E-state index contributed by atoms with van der Waals surface area (Å²) in [6.45, 7) is 1.54. The van der Waals surface area contributed by atoms with E-state index in [0.29, 0.717) is 12.3 Å². The largest absolute Gasteiger partial charge is 0.364 e. The number of hydrogen-bond donors (Lipinski definition) is 0. The molecule has 1 saturated heterocycles. The summed E-state index contributed by atoms with van der Waals surface area (Å²) in [6, 6.07) is 3.89. The fourth-order valence-corrected chi connectivity index (χ4v) is 1.61. The lowest BCUT2D eigenvalue weighted by Gasteiger charge is -2.27. The van der Waals surface area contributed by atoms with Gasteiger partial charge in [0.2, 0.25) is 0 Å². The Bertz CT molecular complexity index is 297. The number of piperidine rings is 1. The average Bonchev–Trinajstić information content (AvgIpc) is 2.19. The lowest BCUT2D eigenvalue weighted by molar-refractivity contribution is -0.118. The molecule has 3 heteroatoms. The van der Waals surface area contributed by atoms with Gasteiger partial charge in [-0.1, -0.05) is 0 Å². The number of ketones is 1. The molecule has 0 unspecified atom stereocenters. The van der Waals surface area contributed by atoms with Crippen molar-refractivity contribution in [3.05, 3.63) is 24.5 Å². The monoisotopic (exact) mass is 176 g/mol. The smallest absolute Gasteiger partial charge is 0.152 e. The van der Waals surface area contributed by atoms with Crippen molar-refractivity contribution in [2.45, 2.75) is 12.8 Å². The van der Waals surface area contributed by atoms with Gasteiger partial charge in [-0.3, -0.25) is 9.78 Å². The van der Waals surface area contributed by atoms with Crippen molar-refractivity contribution in [2.24, 2.45) is 0 Å². The second-order valence-corrected chi connectivity index (χ2v) is 3.27. The van der Waals surface area contributed by atoms with Crippen molar-refractivity contribution in [3.63, 3.8) is 0 Å². The number of pyridine rings is 1. The van der Waals surface area contributed by atoms with Crippen molar-refractivity contribution in [1.29, 1.82) is 0 Å². The molecule has 3 nitrogen and oxygen atoms in total. The van der Waals surface area contributed by atoms with Gasteiger partial charge in [-0.15, -0.1) is 0 Å². The third-order valence-corrected chi connectivity index (χ3v) is 2.28. The van der Waals surface area contributed by atoms with E-state index in [9.17, 15) is 4.79 Å². The first-order valence-corrected chi connectivity index (χ1v) is 4.53. The first-order chi connectivity index (χ1) is 6.36. The summed E-state index contributed by atoms with van der Waals surface area (Å²) in [5.41, 5.74) is 1.10. The Morgan fingerprint density at radius 3 is 2.77 bits per heavy atom. The minimum atomic E-state index is 0.336. The fraction of sp³-hybridized carbons (Fsp3) is 0.400. The lowest BCUT2D eigenvalue weighted by atomic mass is 10.1. The highest BCUT2D eigenvalue weighted by Gasteiger charge is 2.16. The average molecular weight is 176 g/mol. The highest BCUT2D eigenvalue weighted by molar-refractivity contribution is 5.84. The van der Waals surface area contributed by atoms with Crippen molar-refractivity contribution in [2.75, 3.05) is 18.0 Å². The topological polar surface area (TPSA) is 33.2 Å². The Balaban J connectivity index is 2.13. The summed E-state index contributed by atoms with van der Waals surface area (Å²) in [5, 5.41) is 0. The van der Waals surface area contributed by atoms with Crippen molar-refractivity contribution in [3.8, 4) is 0 Å². The predicted octanol–water partition coefficient (Wildman–Crippen LogP) is 1.25. The zero-order valence-electron chi connectivity index (χ0n) is 7.44. The van der Waals surface area contributed by atoms with Crippen LogP contribution in [0.3, 0.4) is 0 Å². The Morgan fingerprint density at radius 2 is 2.08 bits per heavy atom. The number of rotatable bonds is 1. The molecule has 1 aliphatic rings. The molecule has 1 aliphatic heterocycles. The van der Waals surface area contributed by atoms with Gasteiger partial charge in [0, 0.05) is 31.0 Å². The van der Waals surface area contributed by atoms with Gasteiger partial charge >= 0.3 is 0 Å². The van der Waals surface area contributed by atoms with Gasteiger partial charge in [0.1, 0.15) is 0 Å². The maximum absolute atomic E-state index is 11.2. The zero-order chi connectivity index (χ0) is 9.10. The van der Waals surface area contributed by atoms with E-state index in [2.05, 4.69) is 9.88 Å². The first-order valence-electron chi connectivity index (χ1n) is 4.53. The number of aromatic nitrogens is 1. The van der Waals surface area contributed by atoms with Crippen LogP contribution in [0.15, 0.2) is 24.5 Å². The van der Waals surface area contributed by atoms with Crippen molar-refractivity contribution in [1.82, 2.24) is 4.98 Å². The molecule has 0 N–H and O–H groups in total. The second kappa shape index (κ2) is 3.56. The predicted molar refractivity (Wildman–Crippen MR) is 50.7 cm³/mol. The van der Waals surface area contributed by atoms with E-state index >= 15 is 0 Å². The Kier molecular flexibility index (Phi) is 2.25. The van der Waals surface area contributed by atoms with Gasteiger partial charge in [-0.25, -0.2) is 0 Å². The molecule has 0 saturated carbocycles. The van der Waals surface area contributed by atoms with E-state index in [0.717, 1.165) is 25.1 Å². The molecule has 0 aliphatic carbocycles. The normalized spacial score (nSPS) is 17.5. The van der Waals surface area contributed by atoms with E-state index in [1.54, 1.807) is 12.4 Å². The molecule has 68 valence electrons. The van der Waals surface area contributed by atoms with E-state index in [1.165, 1.54) is 0 Å². The van der Waals surface area contributed by atoms with Gasteiger partial charge in [0.05, 0.1) is 6.54 Å². The van der Waals surface area contributed by atoms with Crippen molar-refractivity contribution >= 4 is 11.5 Å². The molecule has 0 radical (unpaired) electrons. The zero-order valence-corrected chi connectivity index (χ0v) is 7.44. The van der Waals surface area contributed by atoms with E-state index in [4.69, 9.17) is 0 Å². The molecule has 0 atom stereocenters. The summed E-state index contributed by atoms with van der Waals surface area (Å²) in [4.78, 5) is 17.2. The maximum atomic E-state index is 11.2. The van der Waals surface area contributed by atoms with Crippen molar-refractivity contribution < 1.29 is 4.79 Å². The van der Waals surface area contributed by atoms with Crippen LogP contribution in [0.1, 0.15) is 12.8 Å². The summed E-state index contributed by atoms with van der Waals surface area (Å²) in [7, 11) is 0. The van der Waals surface area contributed by atoms with E-state index < -0.39 is 0 Å². The molecule has 2 heterocycles. The molecule has 1 aromatic rings. The number of hydrogen-bond acceptors (Lipinski definition) is 3. The molecule has 0 amide bonds. The van der Waals surface area contributed by atoms with Crippen LogP contribution in [0.2, 0.25) is 0 Å². The van der Waals surface area contributed by atoms with Gasteiger partial charge in [-0.05, 0) is 18.6 Å². The highest BCUT2D eigenvalue weighted by Crippen LogP contribution is 2.16. The van der Waals surface area contributed by atoms with Crippen LogP contribution in [0.5, 0.6) is 0 Å². The number of nitrogens with zero attached hydrogens (tertiary/aromatic N) is 2. The SMILES string of the molecule is O=C1CCCN(c2ccncc2)C1. The molecular formula is C10H12N2O. The Hall–Kier alpha value is -1.38. The minimum Gasteiger partial charge on any atom is -0.364 e. The number of carbonyl (C=O) groups excluding carboxylic acids is 1. The van der Waals surface area contributed by atoms with Gasteiger partial charge in [0.25, 0.3) is 0 Å². The molecule has 0 spiro atoms. The molecule has 1 fully saturated rings. The van der Waals surface area contributed by atoms with Gasteiger partial charge in [-0.2, -0.15) is 0 Å². The van der Waals surface area contributed by atoms with Crippen LogP contribution in [0.4, 0.5) is 5.69 Å². The third kappa shape index (κ3) is 1.86. The number of Topliss-reactive ketones (excluding diaryl/α,β-unsaturated/α-hetero) is 1. The van der Waals surface area contributed by atoms with Crippen LogP contribution in [0, 0.1) is 0 Å². The van der Waals surface area contributed by atoms with Crippen LogP contribution < -0.4 is 4.90 Å². The molecule has 0 aromatic carbocycles. The fourth-order valence-electron chi connectivity index (χ4n) is 1.61. The Labute approximate surface area is 77.4 Å². The molecular weight excluding hydrogens is 164 g/mol. The van der Waals surface area contributed by atoms with Crippen LogP contribution in [-0.2, 0) is 4.79 Å². The van der Waals surface area contributed by atoms with E-state index in [1.807, 2.05) is 12.1 Å². The van der Waals surface area contributed by atoms with Crippen LogP contribution in [-0.4, -0.2) is 23.9 Å². The Morgan fingerprint density at radius 1 is 1.31 bits per heavy atom.